The van der Waals surface area contributed by atoms with Crippen LogP contribution in [0.25, 0.3) is 11.4 Å². The van der Waals surface area contributed by atoms with Gasteiger partial charge in [0.1, 0.15) is 4.90 Å². The molecule has 9 nitrogen and oxygen atoms in total. The molecule has 3 rings (SSSR count). The van der Waals surface area contributed by atoms with E-state index in [0.29, 0.717) is 17.1 Å². The summed E-state index contributed by atoms with van der Waals surface area (Å²) in [6.07, 6.45) is 2.55. The number of nitrogens with one attached hydrogen (secondary N) is 2. The van der Waals surface area contributed by atoms with Crippen molar-refractivity contribution in [3.63, 3.8) is 0 Å². The van der Waals surface area contributed by atoms with Crippen LogP contribution in [0.15, 0.2) is 41.6 Å². The van der Waals surface area contributed by atoms with E-state index >= 15 is 0 Å². The second-order valence-corrected chi connectivity index (χ2v) is 6.81. The molecule has 0 radical (unpaired) electrons. The highest BCUT2D eigenvalue weighted by molar-refractivity contribution is 7.92. The maximum Gasteiger partial charge on any atom is 0.265 e. The standard InChI is InChI=1S/C13H15N7O2S/c1-9(2)20-13(16-18-19-20)11-5-3-4-6-12(11)17-23(21,22)10-7-14-15-8-10/h3-9,17H,1-2H3,(H,14,15). The minimum absolute atomic E-state index is 0.0403. The third-order valence-corrected chi connectivity index (χ3v) is 4.51. The van der Waals surface area contributed by atoms with Gasteiger partial charge in [-0.15, -0.1) is 5.10 Å². The van der Waals surface area contributed by atoms with Gasteiger partial charge in [0, 0.05) is 11.8 Å². The number of nitrogens with zero attached hydrogens (tertiary/aromatic N) is 5. The van der Waals surface area contributed by atoms with Crippen LogP contribution in [0, 0.1) is 0 Å². The fourth-order valence-electron chi connectivity index (χ4n) is 2.08. The Hall–Kier alpha value is -2.75. The lowest BCUT2D eigenvalue weighted by Gasteiger charge is -2.13. The van der Waals surface area contributed by atoms with E-state index in [9.17, 15) is 8.42 Å². The Kier molecular flexibility index (Phi) is 3.82. The number of hydrogen-bond acceptors (Lipinski definition) is 6. The second-order valence-electron chi connectivity index (χ2n) is 5.13. The number of para-hydroxylation sites is 1. The zero-order valence-corrected chi connectivity index (χ0v) is 13.3. The Balaban J connectivity index is 2.04. The van der Waals surface area contributed by atoms with E-state index in [4.69, 9.17) is 0 Å². The summed E-state index contributed by atoms with van der Waals surface area (Å²) in [6.45, 7) is 3.89. The summed E-state index contributed by atoms with van der Waals surface area (Å²) < 4.78 is 28.9. The summed E-state index contributed by atoms with van der Waals surface area (Å²) in [4.78, 5) is 0.0516. The predicted octanol–water partition coefficient (Wildman–Crippen LogP) is 1.44. The maximum absolute atomic E-state index is 12.4. The Morgan fingerprint density at radius 1 is 1.26 bits per heavy atom. The zero-order chi connectivity index (χ0) is 16.4. The number of anilines is 1. The fraction of sp³-hybridized carbons (Fsp3) is 0.231. The van der Waals surface area contributed by atoms with Gasteiger partial charge in [-0.3, -0.25) is 9.82 Å². The Morgan fingerprint density at radius 3 is 2.74 bits per heavy atom. The zero-order valence-electron chi connectivity index (χ0n) is 12.5. The highest BCUT2D eigenvalue weighted by atomic mass is 32.2. The average molecular weight is 333 g/mol. The van der Waals surface area contributed by atoms with Crippen LogP contribution in [0.2, 0.25) is 0 Å². The van der Waals surface area contributed by atoms with Crippen molar-refractivity contribution in [2.75, 3.05) is 4.72 Å². The van der Waals surface area contributed by atoms with Crippen molar-refractivity contribution < 1.29 is 8.42 Å². The van der Waals surface area contributed by atoms with Gasteiger partial charge in [0.2, 0.25) is 0 Å². The molecule has 0 saturated carbocycles. The lowest BCUT2D eigenvalue weighted by atomic mass is 10.1. The molecule has 1 aromatic carbocycles. The number of rotatable bonds is 5. The molecule has 0 atom stereocenters. The van der Waals surface area contributed by atoms with Crippen molar-refractivity contribution in [1.29, 1.82) is 0 Å². The van der Waals surface area contributed by atoms with Crippen LogP contribution in [0.4, 0.5) is 5.69 Å². The predicted molar refractivity (Wildman–Crippen MR) is 83.0 cm³/mol. The molecule has 0 aliphatic heterocycles. The number of benzene rings is 1. The van der Waals surface area contributed by atoms with Crippen molar-refractivity contribution in [1.82, 2.24) is 30.4 Å². The molecule has 0 amide bonds. The Bertz CT molecular complexity index is 900. The van der Waals surface area contributed by atoms with E-state index in [1.807, 2.05) is 13.8 Å². The van der Waals surface area contributed by atoms with Gasteiger partial charge in [0.15, 0.2) is 5.82 Å². The number of hydrogen-bond donors (Lipinski definition) is 2. The number of tetrazole rings is 1. The Labute approximate surface area is 132 Å². The largest absolute Gasteiger partial charge is 0.284 e. The minimum Gasteiger partial charge on any atom is -0.284 e. The SMILES string of the molecule is CC(C)n1nnnc1-c1ccccc1NS(=O)(=O)c1cn[nH]c1. The van der Waals surface area contributed by atoms with Gasteiger partial charge in [0.25, 0.3) is 10.0 Å². The molecular weight excluding hydrogens is 318 g/mol. The first-order valence-electron chi connectivity index (χ1n) is 6.88. The number of H-pyrrole nitrogens is 1. The molecular formula is C13H15N7O2S. The van der Waals surface area contributed by atoms with E-state index < -0.39 is 10.0 Å². The normalized spacial score (nSPS) is 11.8. The molecule has 10 heteroatoms. The van der Waals surface area contributed by atoms with E-state index in [1.165, 1.54) is 12.4 Å². The van der Waals surface area contributed by atoms with Gasteiger partial charge in [-0.25, -0.2) is 13.1 Å². The number of aromatic nitrogens is 6. The summed E-state index contributed by atoms with van der Waals surface area (Å²) in [5.41, 5.74) is 0.990. The Morgan fingerprint density at radius 2 is 2.04 bits per heavy atom. The van der Waals surface area contributed by atoms with Crippen LogP contribution in [0.1, 0.15) is 19.9 Å². The first-order chi connectivity index (χ1) is 11.0. The molecule has 2 N–H and O–H groups in total. The molecule has 0 fully saturated rings. The summed E-state index contributed by atoms with van der Waals surface area (Å²) in [6, 6.07) is 6.99. The van der Waals surface area contributed by atoms with Gasteiger partial charge >= 0.3 is 0 Å². The molecule has 3 aromatic rings. The molecule has 0 unspecified atom stereocenters. The number of sulfonamides is 1. The molecule has 0 aliphatic rings. The van der Waals surface area contributed by atoms with Crippen LogP contribution in [-0.2, 0) is 10.0 Å². The van der Waals surface area contributed by atoms with E-state index in [2.05, 4.69) is 30.4 Å². The van der Waals surface area contributed by atoms with Crippen LogP contribution in [-0.4, -0.2) is 38.8 Å². The quantitative estimate of drug-likeness (QED) is 0.729. The van der Waals surface area contributed by atoms with Crippen molar-refractivity contribution in [2.24, 2.45) is 0 Å². The van der Waals surface area contributed by atoms with Gasteiger partial charge in [0.05, 0.1) is 17.9 Å². The van der Waals surface area contributed by atoms with Crippen LogP contribution in [0.3, 0.4) is 0 Å². The second kappa shape index (κ2) is 5.80. The topological polar surface area (TPSA) is 118 Å². The molecule has 0 saturated heterocycles. The van der Waals surface area contributed by atoms with Gasteiger partial charge < -0.3 is 0 Å². The highest BCUT2D eigenvalue weighted by Gasteiger charge is 2.20. The van der Waals surface area contributed by atoms with Crippen LogP contribution < -0.4 is 4.72 Å². The van der Waals surface area contributed by atoms with Crippen molar-refractivity contribution in [2.45, 2.75) is 24.8 Å². The van der Waals surface area contributed by atoms with Crippen molar-refractivity contribution in [3.8, 4) is 11.4 Å². The monoisotopic (exact) mass is 333 g/mol. The smallest absolute Gasteiger partial charge is 0.265 e. The lowest BCUT2D eigenvalue weighted by Crippen LogP contribution is -2.14. The van der Waals surface area contributed by atoms with Crippen molar-refractivity contribution in [3.05, 3.63) is 36.7 Å². The molecule has 2 aromatic heterocycles. The van der Waals surface area contributed by atoms with Gasteiger partial charge in [-0.1, -0.05) is 12.1 Å². The molecule has 23 heavy (non-hydrogen) atoms. The third-order valence-electron chi connectivity index (χ3n) is 3.18. The summed E-state index contributed by atoms with van der Waals surface area (Å²) in [5, 5.41) is 17.8. The van der Waals surface area contributed by atoms with Crippen molar-refractivity contribution >= 4 is 15.7 Å². The van der Waals surface area contributed by atoms with Gasteiger partial charge in [-0.05, 0) is 36.4 Å². The molecule has 2 heterocycles. The summed E-state index contributed by atoms with van der Waals surface area (Å²) in [7, 11) is -3.74. The third kappa shape index (κ3) is 2.93. The van der Waals surface area contributed by atoms with Crippen LogP contribution in [0.5, 0.6) is 0 Å². The van der Waals surface area contributed by atoms with Crippen LogP contribution >= 0.6 is 0 Å². The lowest BCUT2D eigenvalue weighted by molar-refractivity contribution is 0.519. The van der Waals surface area contributed by atoms with Gasteiger partial charge in [-0.2, -0.15) is 5.10 Å². The van der Waals surface area contributed by atoms with E-state index in [1.54, 1.807) is 28.9 Å². The highest BCUT2D eigenvalue weighted by Crippen LogP contribution is 2.28. The maximum atomic E-state index is 12.4. The van der Waals surface area contributed by atoms with E-state index in [-0.39, 0.29) is 10.9 Å². The first-order valence-corrected chi connectivity index (χ1v) is 8.36. The summed E-state index contributed by atoms with van der Waals surface area (Å²) in [5.74, 6) is 0.491. The fourth-order valence-corrected chi connectivity index (χ4v) is 3.06. The summed E-state index contributed by atoms with van der Waals surface area (Å²) >= 11 is 0. The molecule has 0 spiro atoms. The first kappa shape index (κ1) is 15.2. The minimum atomic E-state index is -3.74. The molecule has 0 aliphatic carbocycles. The van der Waals surface area contributed by atoms with E-state index in [0.717, 1.165) is 0 Å². The molecule has 0 bridgehead atoms. The average Bonchev–Trinajstić information content (AvgIpc) is 3.19. The molecule has 120 valence electrons. The number of aromatic amines is 1.